The van der Waals surface area contributed by atoms with Gasteiger partial charge in [0.1, 0.15) is 18.5 Å². The Morgan fingerprint density at radius 3 is 2.67 bits per heavy atom. The van der Waals surface area contributed by atoms with E-state index in [1.807, 2.05) is 31.2 Å². The van der Waals surface area contributed by atoms with Crippen LogP contribution in [-0.2, 0) is 4.79 Å². The molecule has 1 aromatic rings. The highest BCUT2D eigenvalue weighted by Crippen LogP contribution is 2.12. The van der Waals surface area contributed by atoms with Crippen LogP contribution in [0.2, 0.25) is 0 Å². The van der Waals surface area contributed by atoms with Crippen LogP contribution in [0.5, 0.6) is 5.75 Å². The zero-order valence-electron chi connectivity index (χ0n) is 12.8. The van der Waals surface area contributed by atoms with Crippen molar-refractivity contribution in [1.29, 1.82) is 0 Å². The van der Waals surface area contributed by atoms with E-state index in [-0.39, 0.29) is 5.91 Å². The number of nitrogens with zero attached hydrogens (tertiary/aromatic N) is 2. The maximum absolute atomic E-state index is 11.7. The number of carbonyl (C=O) groups is 1. The van der Waals surface area contributed by atoms with Gasteiger partial charge in [0.25, 0.3) is 5.91 Å². The van der Waals surface area contributed by atoms with Crippen molar-refractivity contribution in [3.8, 4) is 5.75 Å². The third kappa shape index (κ3) is 4.72. The first-order valence-corrected chi connectivity index (χ1v) is 7.45. The zero-order valence-corrected chi connectivity index (χ0v) is 12.8. The normalized spacial score (nSPS) is 17.6. The van der Waals surface area contributed by atoms with Crippen molar-refractivity contribution < 1.29 is 14.6 Å². The number of aliphatic hydroxyl groups is 1. The van der Waals surface area contributed by atoms with Crippen molar-refractivity contribution in [2.24, 2.45) is 0 Å². The van der Waals surface area contributed by atoms with Crippen LogP contribution in [-0.4, -0.2) is 66.2 Å². The first kappa shape index (κ1) is 15.8. The lowest BCUT2D eigenvalue weighted by molar-refractivity contribution is -0.141. The SMILES string of the molecule is Cc1cccc(OCCN2CCN(C(=O)C(C)O)CC2)c1. The fourth-order valence-corrected chi connectivity index (χ4v) is 2.45. The molecule has 5 heteroatoms. The Bertz CT molecular complexity index is 468. The molecule has 116 valence electrons. The van der Waals surface area contributed by atoms with Gasteiger partial charge in [-0.05, 0) is 31.5 Å². The minimum Gasteiger partial charge on any atom is -0.492 e. The summed E-state index contributed by atoms with van der Waals surface area (Å²) in [7, 11) is 0. The minimum atomic E-state index is -0.902. The molecular formula is C16H24N2O3. The van der Waals surface area contributed by atoms with Crippen LogP contribution in [0.1, 0.15) is 12.5 Å². The smallest absolute Gasteiger partial charge is 0.251 e. The van der Waals surface area contributed by atoms with Gasteiger partial charge >= 0.3 is 0 Å². The Hall–Kier alpha value is -1.59. The molecule has 1 aliphatic rings. The average molecular weight is 292 g/mol. The van der Waals surface area contributed by atoms with Crippen LogP contribution in [0.25, 0.3) is 0 Å². The molecular weight excluding hydrogens is 268 g/mol. The number of aryl methyl sites for hydroxylation is 1. The van der Waals surface area contributed by atoms with Crippen molar-refractivity contribution in [3.63, 3.8) is 0 Å². The van der Waals surface area contributed by atoms with E-state index >= 15 is 0 Å². The second-order valence-corrected chi connectivity index (χ2v) is 5.51. The van der Waals surface area contributed by atoms with E-state index < -0.39 is 6.10 Å². The maximum atomic E-state index is 11.7. The summed E-state index contributed by atoms with van der Waals surface area (Å²) in [6.07, 6.45) is -0.902. The summed E-state index contributed by atoms with van der Waals surface area (Å²) < 4.78 is 5.74. The molecule has 5 nitrogen and oxygen atoms in total. The molecule has 1 N–H and O–H groups in total. The predicted octanol–water partition coefficient (Wildman–Crippen LogP) is 0.899. The summed E-state index contributed by atoms with van der Waals surface area (Å²) in [6.45, 7) is 8.07. The third-order valence-corrected chi connectivity index (χ3v) is 3.71. The lowest BCUT2D eigenvalue weighted by Crippen LogP contribution is -2.51. The Balaban J connectivity index is 1.68. The van der Waals surface area contributed by atoms with Gasteiger partial charge in [0.05, 0.1) is 0 Å². The summed E-state index contributed by atoms with van der Waals surface area (Å²) in [4.78, 5) is 15.7. The van der Waals surface area contributed by atoms with Crippen molar-refractivity contribution in [2.75, 3.05) is 39.3 Å². The van der Waals surface area contributed by atoms with Gasteiger partial charge in [-0.1, -0.05) is 12.1 Å². The molecule has 0 saturated carbocycles. The Labute approximate surface area is 126 Å². The zero-order chi connectivity index (χ0) is 15.2. The van der Waals surface area contributed by atoms with Gasteiger partial charge in [0.2, 0.25) is 0 Å². The number of hydrogen-bond donors (Lipinski definition) is 1. The van der Waals surface area contributed by atoms with Gasteiger partial charge in [-0.3, -0.25) is 9.69 Å². The second kappa shape index (κ2) is 7.43. The fourth-order valence-electron chi connectivity index (χ4n) is 2.45. The third-order valence-electron chi connectivity index (χ3n) is 3.71. The highest BCUT2D eigenvalue weighted by Gasteiger charge is 2.23. The molecule has 1 unspecified atom stereocenters. The maximum Gasteiger partial charge on any atom is 0.251 e. The van der Waals surface area contributed by atoms with Crippen LogP contribution in [0.3, 0.4) is 0 Å². The van der Waals surface area contributed by atoms with E-state index in [1.165, 1.54) is 12.5 Å². The fraction of sp³-hybridized carbons (Fsp3) is 0.562. The van der Waals surface area contributed by atoms with Crippen molar-refractivity contribution in [1.82, 2.24) is 9.80 Å². The number of piperazine rings is 1. The molecule has 1 fully saturated rings. The lowest BCUT2D eigenvalue weighted by Gasteiger charge is -2.35. The van der Waals surface area contributed by atoms with E-state index in [9.17, 15) is 9.90 Å². The number of carbonyl (C=O) groups excluding carboxylic acids is 1. The molecule has 1 atom stereocenters. The molecule has 0 radical (unpaired) electrons. The van der Waals surface area contributed by atoms with Crippen LogP contribution in [0.4, 0.5) is 0 Å². The first-order chi connectivity index (χ1) is 10.1. The van der Waals surface area contributed by atoms with Gasteiger partial charge in [-0.25, -0.2) is 0 Å². The molecule has 0 aliphatic carbocycles. The molecule has 2 rings (SSSR count). The molecule has 1 aliphatic heterocycles. The highest BCUT2D eigenvalue weighted by molar-refractivity contribution is 5.80. The summed E-state index contributed by atoms with van der Waals surface area (Å²) in [6, 6.07) is 8.03. The van der Waals surface area contributed by atoms with Crippen molar-refractivity contribution in [2.45, 2.75) is 20.0 Å². The van der Waals surface area contributed by atoms with Gasteiger partial charge in [-0.2, -0.15) is 0 Å². The summed E-state index contributed by atoms with van der Waals surface area (Å²) >= 11 is 0. The summed E-state index contributed by atoms with van der Waals surface area (Å²) in [5, 5.41) is 9.30. The first-order valence-electron chi connectivity index (χ1n) is 7.45. The predicted molar refractivity (Wildman–Crippen MR) is 81.4 cm³/mol. The highest BCUT2D eigenvalue weighted by atomic mass is 16.5. The van der Waals surface area contributed by atoms with Crippen LogP contribution in [0, 0.1) is 6.92 Å². The summed E-state index contributed by atoms with van der Waals surface area (Å²) in [5.74, 6) is 0.726. The van der Waals surface area contributed by atoms with Crippen LogP contribution >= 0.6 is 0 Å². The number of aliphatic hydroxyl groups excluding tert-OH is 1. The summed E-state index contributed by atoms with van der Waals surface area (Å²) in [5.41, 5.74) is 1.19. The number of hydrogen-bond acceptors (Lipinski definition) is 4. The largest absolute Gasteiger partial charge is 0.492 e. The molecule has 1 saturated heterocycles. The molecule has 1 aromatic carbocycles. The molecule has 0 spiro atoms. The minimum absolute atomic E-state index is 0.175. The van der Waals surface area contributed by atoms with E-state index in [2.05, 4.69) is 4.90 Å². The Morgan fingerprint density at radius 2 is 2.05 bits per heavy atom. The quantitative estimate of drug-likeness (QED) is 0.876. The van der Waals surface area contributed by atoms with Crippen LogP contribution in [0.15, 0.2) is 24.3 Å². The van der Waals surface area contributed by atoms with Crippen molar-refractivity contribution in [3.05, 3.63) is 29.8 Å². The molecule has 21 heavy (non-hydrogen) atoms. The van der Waals surface area contributed by atoms with E-state index in [4.69, 9.17) is 4.74 Å². The number of rotatable bonds is 5. The topological polar surface area (TPSA) is 53.0 Å². The number of benzene rings is 1. The van der Waals surface area contributed by atoms with Crippen LogP contribution < -0.4 is 4.74 Å². The standard InChI is InChI=1S/C16H24N2O3/c1-13-4-3-5-15(12-13)21-11-10-17-6-8-18(9-7-17)16(20)14(2)19/h3-5,12,14,19H,6-11H2,1-2H3. The van der Waals surface area contributed by atoms with Gasteiger partial charge < -0.3 is 14.7 Å². The van der Waals surface area contributed by atoms with E-state index in [0.29, 0.717) is 19.7 Å². The average Bonchev–Trinajstić information content (AvgIpc) is 2.47. The number of ether oxygens (including phenoxy) is 1. The van der Waals surface area contributed by atoms with Gasteiger partial charge in [-0.15, -0.1) is 0 Å². The van der Waals surface area contributed by atoms with Crippen molar-refractivity contribution >= 4 is 5.91 Å². The molecule has 0 aromatic heterocycles. The Morgan fingerprint density at radius 1 is 1.33 bits per heavy atom. The molecule has 1 amide bonds. The van der Waals surface area contributed by atoms with Gasteiger partial charge in [0.15, 0.2) is 0 Å². The van der Waals surface area contributed by atoms with E-state index in [0.717, 1.165) is 25.4 Å². The number of amides is 1. The molecule has 1 heterocycles. The Kier molecular flexibility index (Phi) is 5.59. The lowest BCUT2D eigenvalue weighted by atomic mass is 10.2. The molecule has 0 bridgehead atoms. The van der Waals surface area contributed by atoms with E-state index in [1.54, 1.807) is 4.90 Å². The monoisotopic (exact) mass is 292 g/mol. The van der Waals surface area contributed by atoms with Gasteiger partial charge in [0, 0.05) is 32.7 Å². The second-order valence-electron chi connectivity index (χ2n) is 5.51.